The van der Waals surface area contributed by atoms with Gasteiger partial charge in [0, 0.05) is 30.2 Å². The Bertz CT molecular complexity index is 1420. The highest BCUT2D eigenvalue weighted by Gasteiger charge is 2.53. The number of amides is 1. The van der Waals surface area contributed by atoms with E-state index in [0.29, 0.717) is 28.1 Å². The summed E-state index contributed by atoms with van der Waals surface area (Å²) in [5.41, 5.74) is 1.75. The highest BCUT2D eigenvalue weighted by Crippen LogP contribution is 2.44. The zero-order chi connectivity index (χ0) is 27.7. The van der Waals surface area contributed by atoms with Gasteiger partial charge < -0.3 is 14.9 Å². The van der Waals surface area contributed by atoms with Crippen molar-refractivity contribution in [2.75, 3.05) is 12.0 Å². The van der Waals surface area contributed by atoms with Gasteiger partial charge in [-0.05, 0) is 51.9 Å². The summed E-state index contributed by atoms with van der Waals surface area (Å²) in [4.78, 5) is 39.9. The number of anilines is 1. The molecule has 0 aromatic heterocycles. The van der Waals surface area contributed by atoms with Crippen molar-refractivity contribution >= 4 is 29.6 Å². The number of carboxylic acids is 2. The molecule has 1 aliphatic rings. The SMILES string of the molecule is COc1cc(C(=O)N2c3cccc(C=CC(=O)O)c3CC2(Cc2ccccc2)C(=O)O)ccc1C(C)(C)C. The second kappa shape index (κ2) is 10.2. The van der Waals surface area contributed by atoms with Crippen molar-refractivity contribution in [3.8, 4) is 5.75 Å². The van der Waals surface area contributed by atoms with Crippen LogP contribution in [0, 0.1) is 0 Å². The largest absolute Gasteiger partial charge is 0.496 e. The standard InChI is InChI=1S/C31H31NO6/c1-30(2,3)24-15-13-22(17-26(24)38-4)28(35)32-25-12-8-11-21(14-16-27(33)34)23(25)19-31(32,29(36)37)18-20-9-6-5-7-10-20/h5-17H,18-19H2,1-4H3,(H,33,34)(H,36,37). The first-order valence-corrected chi connectivity index (χ1v) is 12.3. The van der Waals surface area contributed by atoms with E-state index in [4.69, 9.17) is 9.84 Å². The summed E-state index contributed by atoms with van der Waals surface area (Å²) >= 11 is 0. The normalized spacial score (nSPS) is 16.9. The molecule has 0 saturated carbocycles. The van der Waals surface area contributed by atoms with Crippen molar-refractivity contribution in [3.05, 3.63) is 101 Å². The van der Waals surface area contributed by atoms with E-state index < -0.39 is 23.4 Å². The molecule has 2 N–H and O–H groups in total. The number of aliphatic carboxylic acids is 2. The molecule has 7 heteroatoms. The molecule has 1 aliphatic heterocycles. The summed E-state index contributed by atoms with van der Waals surface area (Å²) in [5.74, 6) is -2.18. The van der Waals surface area contributed by atoms with E-state index in [0.717, 1.165) is 17.2 Å². The first kappa shape index (κ1) is 26.7. The van der Waals surface area contributed by atoms with Crippen molar-refractivity contribution in [1.82, 2.24) is 0 Å². The van der Waals surface area contributed by atoms with Gasteiger partial charge in [0.2, 0.25) is 0 Å². The first-order valence-electron chi connectivity index (χ1n) is 12.3. The van der Waals surface area contributed by atoms with Crippen LogP contribution >= 0.6 is 0 Å². The van der Waals surface area contributed by atoms with Crippen LogP contribution in [0.1, 0.15) is 53.4 Å². The average Bonchev–Trinajstić information content (AvgIpc) is 3.22. The van der Waals surface area contributed by atoms with Gasteiger partial charge in [-0.3, -0.25) is 9.69 Å². The molecule has 1 atom stereocenters. The number of benzene rings is 3. The van der Waals surface area contributed by atoms with E-state index in [-0.39, 0.29) is 18.3 Å². The summed E-state index contributed by atoms with van der Waals surface area (Å²) in [6.07, 6.45) is 2.54. The van der Waals surface area contributed by atoms with Gasteiger partial charge in [0.25, 0.3) is 5.91 Å². The minimum absolute atomic E-state index is 0.0235. The maximum Gasteiger partial charge on any atom is 0.330 e. The molecule has 4 rings (SSSR count). The lowest BCUT2D eigenvalue weighted by atomic mass is 9.84. The molecule has 0 spiro atoms. The fourth-order valence-electron chi connectivity index (χ4n) is 5.11. The Morgan fingerprint density at radius 2 is 1.71 bits per heavy atom. The minimum Gasteiger partial charge on any atom is -0.496 e. The molecule has 7 nitrogen and oxygen atoms in total. The van der Waals surface area contributed by atoms with Gasteiger partial charge in [0.05, 0.1) is 7.11 Å². The lowest BCUT2D eigenvalue weighted by Crippen LogP contribution is -2.57. The van der Waals surface area contributed by atoms with Crippen LogP contribution in [0.4, 0.5) is 5.69 Å². The summed E-state index contributed by atoms with van der Waals surface area (Å²) in [5, 5.41) is 19.9. The molecular weight excluding hydrogens is 482 g/mol. The fraction of sp³-hybridized carbons (Fsp3) is 0.258. The van der Waals surface area contributed by atoms with Crippen molar-refractivity contribution in [3.63, 3.8) is 0 Å². The number of carbonyl (C=O) groups excluding carboxylic acids is 1. The number of carbonyl (C=O) groups is 3. The van der Waals surface area contributed by atoms with E-state index in [2.05, 4.69) is 0 Å². The van der Waals surface area contributed by atoms with Gasteiger partial charge in [-0.15, -0.1) is 0 Å². The van der Waals surface area contributed by atoms with E-state index in [1.165, 1.54) is 11.0 Å². The summed E-state index contributed by atoms with van der Waals surface area (Å²) < 4.78 is 5.61. The van der Waals surface area contributed by atoms with Crippen LogP contribution in [-0.2, 0) is 27.8 Å². The predicted octanol–water partition coefficient (Wildman–Crippen LogP) is 5.36. The smallest absolute Gasteiger partial charge is 0.330 e. The zero-order valence-corrected chi connectivity index (χ0v) is 21.9. The summed E-state index contributed by atoms with van der Waals surface area (Å²) in [6, 6.07) is 19.5. The molecule has 0 bridgehead atoms. The van der Waals surface area contributed by atoms with E-state index >= 15 is 0 Å². The lowest BCUT2D eigenvalue weighted by molar-refractivity contribution is -0.143. The second-order valence-corrected chi connectivity index (χ2v) is 10.5. The Morgan fingerprint density at radius 1 is 1.00 bits per heavy atom. The molecule has 0 fully saturated rings. The van der Waals surface area contributed by atoms with Crippen molar-refractivity contribution in [1.29, 1.82) is 0 Å². The summed E-state index contributed by atoms with van der Waals surface area (Å²) in [6.45, 7) is 6.14. The number of carboxylic acid groups (broad SMARTS) is 2. The average molecular weight is 514 g/mol. The third-order valence-corrected chi connectivity index (χ3v) is 6.93. The number of methoxy groups -OCH3 is 1. The Labute approximate surface area is 222 Å². The Balaban J connectivity index is 1.91. The monoisotopic (exact) mass is 513 g/mol. The quantitative estimate of drug-likeness (QED) is 0.412. The van der Waals surface area contributed by atoms with Gasteiger partial charge in [-0.2, -0.15) is 0 Å². The third kappa shape index (κ3) is 4.92. The van der Waals surface area contributed by atoms with Crippen molar-refractivity contribution in [2.24, 2.45) is 0 Å². The van der Waals surface area contributed by atoms with Crippen molar-refractivity contribution < 1.29 is 29.3 Å². The van der Waals surface area contributed by atoms with Gasteiger partial charge in [0.1, 0.15) is 5.75 Å². The van der Waals surface area contributed by atoms with Gasteiger partial charge >= 0.3 is 11.9 Å². The summed E-state index contributed by atoms with van der Waals surface area (Å²) in [7, 11) is 1.54. The molecule has 196 valence electrons. The number of rotatable bonds is 7. The topological polar surface area (TPSA) is 104 Å². The van der Waals surface area contributed by atoms with Gasteiger partial charge in [-0.1, -0.05) is 69.3 Å². The van der Waals surface area contributed by atoms with Crippen LogP contribution in [0.3, 0.4) is 0 Å². The van der Waals surface area contributed by atoms with Gasteiger partial charge in [-0.25, -0.2) is 9.59 Å². The molecule has 0 radical (unpaired) electrons. The molecule has 0 aliphatic carbocycles. The second-order valence-electron chi connectivity index (χ2n) is 10.5. The maximum atomic E-state index is 14.2. The van der Waals surface area contributed by atoms with Crippen molar-refractivity contribution in [2.45, 2.75) is 44.6 Å². The van der Waals surface area contributed by atoms with Crippen LogP contribution in [0.25, 0.3) is 6.08 Å². The van der Waals surface area contributed by atoms with E-state index in [1.807, 2.05) is 57.2 Å². The Hall–Kier alpha value is -4.39. The number of hydrogen-bond donors (Lipinski definition) is 2. The Morgan fingerprint density at radius 3 is 2.32 bits per heavy atom. The molecule has 1 amide bonds. The number of ether oxygens (including phenoxy) is 1. The van der Waals surface area contributed by atoms with Crippen LogP contribution in [0.15, 0.2) is 72.8 Å². The minimum atomic E-state index is -1.62. The molecule has 38 heavy (non-hydrogen) atoms. The molecule has 3 aromatic rings. The van der Waals surface area contributed by atoms with Crippen LogP contribution < -0.4 is 9.64 Å². The van der Waals surface area contributed by atoms with E-state index in [1.54, 1.807) is 37.4 Å². The fourth-order valence-corrected chi connectivity index (χ4v) is 5.11. The molecule has 0 saturated heterocycles. The van der Waals surface area contributed by atoms with Crippen LogP contribution in [-0.4, -0.2) is 40.7 Å². The Kier molecular flexibility index (Phi) is 7.14. The highest BCUT2D eigenvalue weighted by molar-refractivity contribution is 6.13. The lowest BCUT2D eigenvalue weighted by Gasteiger charge is -2.35. The zero-order valence-electron chi connectivity index (χ0n) is 21.9. The predicted molar refractivity (Wildman–Crippen MR) is 146 cm³/mol. The number of fused-ring (bicyclic) bond motifs is 1. The number of nitrogens with zero attached hydrogens (tertiary/aromatic N) is 1. The third-order valence-electron chi connectivity index (χ3n) is 6.93. The molecular formula is C31H31NO6. The molecule has 3 aromatic carbocycles. The van der Waals surface area contributed by atoms with Crippen LogP contribution in [0.2, 0.25) is 0 Å². The molecule has 1 heterocycles. The van der Waals surface area contributed by atoms with E-state index in [9.17, 15) is 19.5 Å². The number of hydrogen-bond acceptors (Lipinski definition) is 4. The first-order chi connectivity index (χ1) is 18.0. The maximum absolute atomic E-state index is 14.2. The van der Waals surface area contributed by atoms with Gasteiger partial charge in [0.15, 0.2) is 5.54 Å². The molecule has 1 unspecified atom stereocenters. The highest BCUT2D eigenvalue weighted by atomic mass is 16.5. The van der Waals surface area contributed by atoms with Crippen LogP contribution in [0.5, 0.6) is 5.75 Å².